The van der Waals surface area contributed by atoms with Gasteiger partial charge in [0.15, 0.2) is 0 Å². The normalized spacial score (nSPS) is 17.7. The second-order valence-electron chi connectivity index (χ2n) is 11.2. The third-order valence-electron chi connectivity index (χ3n) is 9.17. The number of phenols is 1. The van der Waals surface area contributed by atoms with Gasteiger partial charge in [-0.15, -0.1) is 0 Å². The van der Waals surface area contributed by atoms with E-state index in [1.807, 2.05) is 0 Å². The second-order valence-corrected chi connectivity index (χ2v) is 15.1. The molecule has 0 aromatic heterocycles. The van der Waals surface area contributed by atoms with Crippen molar-refractivity contribution in [1.82, 2.24) is 0 Å². The summed E-state index contributed by atoms with van der Waals surface area (Å²) >= 11 is 0. The van der Waals surface area contributed by atoms with Gasteiger partial charge in [0.2, 0.25) is 0 Å². The van der Waals surface area contributed by atoms with Crippen LogP contribution in [-0.4, -0.2) is 11.3 Å². The second kappa shape index (κ2) is 9.96. The molecule has 37 heavy (non-hydrogen) atoms. The quantitative estimate of drug-likeness (QED) is 0.219. The van der Waals surface area contributed by atoms with E-state index in [9.17, 15) is 5.11 Å². The average molecular weight is 507 g/mol. The van der Waals surface area contributed by atoms with E-state index in [1.165, 1.54) is 38.2 Å². The Bertz CT molecular complexity index is 1330. The molecule has 2 heteroatoms. The summed E-state index contributed by atoms with van der Waals surface area (Å²) in [6, 6.07) is 33.5. The van der Waals surface area contributed by atoms with Crippen LogP contribution in [0, 0.1) is 26.2 Å². The molecule has 0 amide bonds. The van der Waals surface area contributed by atoms with E-state index >= 15 is 0 Å². The van der Waals surface area contributed by atoms with Gasteiger partial charge in [0, 0.05) is 0 Å². The first kappa shape index (κ1) is 25.5. The predicted octanol–water partition coefficient (Wildman–Crippen LogP) is 7.10. The number of benzene rings is 4. The van der Waals surface area contributed by atoms with Crippen molar-refractivity contribution in [3.63, 3.8) is 0 Å². The maximum atomic E-state index is 10.7. The Kier molecular flexibility index (Phi) is 6.86. The Balaban J connectivity index is 1.63. The number of fused-ring (bicyclic) bond motifs is 1. The molecule has 5 rings (SSSR count). The molecule has 1 N–H and O–H groups in total. The van der Waals surface area contributed by atoms with Gasteiger partial charge in [0.05, 0.1) is 0 Å². The maximum absolute atomic E-state index is 10.7. The van der Waals surface area contributed by atoms with Crippen molar-refractivity contribution >= 4 is 23.2 Å². The van der Waals surface area contributed by atoms with E-state index in [4.69, 9.17) is 6.58 Å². The first-order chi connectivity index (χ1) is 17.8. The number of hydrogen-bond donors (Lipinski definition) is 1. The third-order valence-corrected chi connectivity index (χ3v) is 14.1. The fourth-order valence-corrected chi connectivity index (χ4v) is 11.5. The van der Waals surface area contributed by atoms with Crippen molar-refractivity contribution in [1.29, 1.82) is 0 Å². The van der Waals surface area contributed by atoms with Crippen LogP contribution in [0.25, 0.3) is 0 Å². The van der Waals surface area contributed by atoms with Crippen LogP contribution in [0.2, 0.25) is 0 Å². The third kappa shape index (κ3) is 4.34. The molecule has 1 aliphatic rings. The molecule has 1 atom stereocenters. The summed E-state index contributed by atoms with van der Waals surface area (Å²) in [6.07, 6.45) is 4.01. The van der Waals surface area contributed by atoms with Crippen LogP contribution in [0.15, 0.2) is 103 Å². The SMILES string of the molecule is C=C(C[PH](c1ccccc1)(c1ccccc1)c1ccccc1)C1(C)CCc2c(C)c(O)c(C)c(C)c2C1. The van der Waals surface area contributed by atoms with Crippen molar-refractivity contribution in [2.75, 3.05) is 6.16 Å². The Hall–Kier alpha value is -3.15. The van der Waals surface area contributed by atoms with Crippen LogP contribution in [0.5, 0.6) is 5.75 Å². The molecule has 1 unspecified atom stereocenters. The van der Waals surface area contributed by atoms with E-state index in [-0.39, 0.29) is 5.41 Å². The Morgan fingerprint density at radius 2 is 1.19 bits per heavy atom. The fraction of sp³-hybridized carbons (Fsp3) is 0.257. The first-order valence-corrected chi connectivity index (χ1v) is 15.6. The fourth-order valence-electron chi connectivity index (χ4n) is 6.55. The minimum absolute atomic E-state index is 0.00417. The van der Waals surface area contributed by atoms with Gasteiger partial charge in [-0.2, -0.15) is 0 Å². The van der Waals surface area contributed by atoms with Crippen LogP contribution in [0.3, 0.4) is 0 Å². The Labute approximate surface area is 223 Å². The van der Waals surface area contributed by atoms with E-state index in [0.29, 0.717) is 5.75 Å². The zero-order chi connectivity index (χ0) is 26.2. The molecule has 1 nitrogen and oxygen atoms in total. The molecule has 1 aliphatic carbocycles. The van der Waals surface area contributed by atoms with Crippen molar-refractivity contribution in [2.45, 2.75) is 47.0 Å². The standard InChI is InChI=1S/C35H39OP/c1-25(35(5)22-21-32-28(4)34(36)27(3)26(2)33(32)23-35)24-37(29-15-9-6-10-16-29,30-17-11-7-12-18-30)31-19-13-8-14-20-31/h6-20,36-37H,1,21-24H2,2-5H3. The summed E-state index contributed by atoms with van der Waals surface area (Å²) in [5.74, 6) is 0.474. The van der Waals surface area contributed by atoms with Gasteiger partial charge in [-0.1, -0.05) is 0 Å². The van der Waals surface area contributed by atoms with Crippen LogP contribution >= 0.6 is 7.26 Å². The first-order valence-electron chi connectivity index (χ1n) is 13.4. The molecule has 0 spiro atoms. The molecule has 4 aromatic rings. The summed E-state index contributed by atoms with van der Waals surface area (Å²) in [4.78, 5) is 0. The number of hydrogen-bond acceptors (Lipinski definition) is 1. The Morgan fingerprint density at radius 3 is 1.65 bits per heavy atom. The van der Waals surface area contributed by atoms with Gasteiger partial charge in [0.1, 0.15) is 0 Å². The van der Waals surface area contributed by atoms with Crippen LogP contribution in [0.4, 0.5) is 0 Å². The molecule has 4 aromatic carbocycles. The predicted molar refractivity (Wildman–Crippen MR) is 163 cm³/mol. The number of phenolic OH excluding ortho intramolecular Hbond substituents is 1. The van der Waals surface area contributed by atoms with Gasteiger partial charge < -0.3 is 0 Å². The molecular weight excluding hydrogens is 467 g/mol. The van der Waals surface area contributed by atoms with E-state index in [0.717, 1.165) is 36.6 Å². The summed E-state index contributed by atoms with van der Waals surface area (Å²) in [5.41, 5.74) is 7.46. The number of aromatic hydroxyl groups is 1. The van der Waals surface area contributed by atoms with Crippen molar-refractivity contribution in [3.05, 3.63) is 131 Å². The summed E-state index contributed by atoms with van der Waals surface area (Å²) in [7, 11) is -2.39. The molecular formula is C35H39OP. The Morgan fingerprint density at radius 1 is 0.730 bits per heavy atom. The molecule has 0 radical (unpaired) electrons. The van der Waals surface area contributed by atoms with E-state index in [1.54, 1.807) is 0 Å². The van der Waals surface area contributed by atoms with Gasteiger partial charge in [-0.3, -0.25) is 0 Å². The zero-order valence-electron chi connectivity index (χ0n) is 22.6. The molecule has 0 aliphatic heterocycles. The molecule has 0 saturated carbocycles. The van der Waals surface area contributed by atoms with Gasteiger partial charge in [-0.25, -0.2) is 0 Å². The van der Waals surface area contributed by atoms with Crippen molar-refractivity contribution in [2.24, 2.45) is 5.41 Å². The number of allylic oxidation sites excluding steroid dienone is 1. The number of rotatable bonds is 6. The van der Waals surface area contributed by atoms with Gasteiger partial charge in [-0.05, 0) is 0 Å². The summed E-state index contributed by atoms with van der Waals surface area (Å²) in [6.45, 7) is 13.6. The van der Waals surface area contributed by atoms with Crippen LogP contribution in [0.1, 0.15) is 41.2 Å². The van der Waals surface area contributed by atoms with E-state index < -0.39 is 7.26 Å². The van der Waals surface area contributed by atoms with Gasteiger partial charge in [0.25, 0.3) is 0 Å². The molecule has 190 valence electrons. The van der Waals surface area contributed by atoms with Crippen LogP contribution < -0.4 is 15.9 Å². The zero-order valence-corrected chi connectivity index (χ0v) is 23.6. The van der Waals surface area contributed by atoms with Crippen molar-refractivity contribution in [3.8, 4) is 5.75 Å². The molecule has 0 heterocycles. The molecule has 0 bridgehead atoms. The molecule has 0 saturated heterocycles. The topological polar surface area (TPSA) is 20.2 Å². The average Bonchev–Trinajstić information content (AvgIpc) is 2.95. The van der Waals surface area contributed by atoms with Crippen LogP contribution in [-0.2, 0) is 12.8 Å². The summed E-state index contributed by atoms with van der Waals surface area (Å²) < 4.78 is 0. The minimum atomic E-state index is -2.39. The van der Waals surface area contributed by atoms with Gasteiger partial charge >= 0.3 is 224 Å². The molecule has 0 fully saturated rings. The van der Waals surface area contributed by atoms with E-state index in [2.05, 4.69) is 119 Å². The van der Waals surface area contributed by atoms with Crippen molar-refractivity contribution < 1.29 is 5.11 Å². The monoisotopic (exact) mass is 506 g/mol. The summed E-state index contributed by atoms with van der Waals surface area (Å²) in [5, 5.41) is 15.0.